The van der Waals surface area contributed by atoms with Crippen LogP contribution in [0.1, 0.15) is 5.56 Å². The average molecular weight is 387 g/mol. The first kappa shape index (κ1) is 18.6. The lowest BCUT2D eigenvalue weighted by atomic mass is 9.92. The summed E-state index contributed by atoms with van der Waals surface area (Å²) in [4.78, 5) is 22.5. The monoisotopic (exact) mass is 387 g/mol. The Kier molecular flexibility index (Phi) is 4.70. The van der Waals surface area contributed by atoms with Gasteiger partial charge in [-0.25, -0.2) is 4.21 Å². The summed E-state index contributed by atoms with van der Waals surface area (Å²) in [5.74, 6) is -0.469. The highest BCUT2D eigenvalue weighted by Gasteiger charge is 2.23. The fraction of sp³-hybridized carbons (Fsp3) is 0.0588. The van der Waals surface area contributed by atoms with Gasteiger partial charge in [-0.1, -0.05) is 18.2 Å². The van der Waals surface area contributed by atoms with E-state index in [1.165, 1.54) is 42.5 Å². The van der Waals surface area contributed by atoms with E-state index in [4.69, 9.17) is 0 Å². The zero-order valence-electron chi connectivity index (χ0n) is 13.9. The maximum absolute atomic E-state index is 12.2. The van der Waals surface area contributed by atoms with E-state index in [0.29, 0.717) is 11.1 Å². The van der Waals surface area contributed by atoms with Crippen LogP contribution in [0.25, 0.3) is 0 Å². The number of hydrogen-bond donors (Lipinski definition) is 2. The van der Waals surface area contributed by atoms with Crippen LogP contribution in [0.2, 0.25) is 0 Å². The molecule has 0 bridgehead atoms. The molecule has 10 heteroatoms. The van der Waals surface area contributed by atoms with Crippen molar-refractivity contribution in [3.63, 3.8) is 0 Å². The van der Waals surface area contributed by atoms with Gasteiger partial charge in [0, 0.05) is 11.6 Å². The Morgan fingerprint density at radius 2 is 1.85 bits per heavy atom. The molecule has 2 aliphatic carbocycles. The van der Waals surface area contributed by atoms with Crippen molar-refractivity contribution in [1.82, 2.24) is 0 Å². The molecule has 0 saturated carbocycles. The second kappa shape index (κ2) is 6.83. The van der Waals surface area contributed by atoms with Gasteiger partial charge in [-0.15, -0.1) is 10.2 Å². The van der Waals surface area contributed by atoms with Crippen molar-refractivity contribution in [2.45, 2.75) is 6.92 Å². The summed E-state index contributed by atoms with van der Waals surface area (Å²) in [6.45, 7) is 1.74. The van der Waals surface area contributed by atoms with E-state index in [9.17, 15) is 28.2 Å². The molecule has 0 fully saturated rings. The minimum absolute atomic E-state index is 0.00163. The average Bonchev–Trinajstić information content (AvgIpc) is 2.59. The predicted octanol–water partition coefficient (Wildman–Crippen LogP) is 3.28. The SMILES string of the molecule is Cc1ccc([N+](=O)[O-])c(N=NC2=C3C=CC(=S(=O)(O)O)C=C3C=CC2=O)c1. The highest BCUT2D eigenvalue weighted by Crippen LogP contribution is 2.32. The van der Waals surface area contributed by atoms with Crippen LogP contribution in [-0.2, 0) is 14.9 Å². The number of aryl methyl sites for hydroxylation is 1. The molecule has 1 aromatic rings. The topological polar surface area (TPSA) is 142 Å². The van der Waals surface area contributed by atoms with Crippen LogP contribution in [0.3, 0.4) is 0 Å². The van der Waals surface area contributed by atoms with Crippen LogP contribution in [0.4, 0.5) is 11.4 Å². The number of allylic oxidation sites excluding steroid dienone is 7. The van der Waals surface area contributed by atoms with Crippen LogP contribution < -0.4 is 0 Å². The lowest BCUT2D eigenvalue weighted by molar-refractivity contribution is -0.384. The zero-order valence-corrected chi connectivity index (χ0v) is 14.7. The van der Waals surface area contributed by atoms with Gasteiger partial charge in [-0.3, -0.25) is 24.0 Å². The summed E-state index contributed by atoms with van der Waals surface area (Å²) < 4.78 is 29.9. The van der Waals surface area contributed by atoms with E-state index in [2.05, 4.69) is 10.2 Å². The molecule has 0 radical (unpaired) electrons. The lowest BCUT2D eigenvalue weighted by Gasteiger charge is -2.16. The van der Waals surface area contributed by atoms with Crippen molar-refractivity contribution in [2.75, 3.05) is 0 Å². The predicted molar refractivity (Wildman–Crippen MR) is 99.2 cm³/mol. The van der Waals surface area contributed by atoms with E-state index in [1.807, 2.05) is 0 Å². The fourth-order valence-electron chi connectivity index (χ4n) is 2.51. The van der Waals surface area contributed by atoms with Gasteiger partial charge >= 0.3 is 0 Å². The van der Waals surface area contributed by atoms with Crippen molar-refractivity contribution < 1.29 is 23.0 Å². The maximum atomic E-state index is 12.2. The Hall–Kier alpha value is -3.21. The Balaban J connectivity index is 2.09. The fourth-order valence-corrected chi connectivity index (χ4v) is 3.04. The molecule has 0 spiro atoms. The molecule has 0 amide bonds. The lowest BCUT2D eigenvalue weighted by Crippen LogP contribution is -2.14. The summed E-state index contributed by atoms with van der Waals surface area (Å²) in [6.07, 6.45) is 6.42. The number of carbonyl (C=O) groups is 1. The molecule has 138 valence electrons. The van der Waals surface area contributed by atoms with Gasteiger partial charge in [-0.05, 0) is 42.4 Å². The number of carbonyl (C=O) groups excluding carboxylic acids is 1. The molecule has 0 unspecified atom stereocenters. The van der Waals surface area contributed by atoms with E-state index in [-0.39, 0.29) is 21.9 Å². The number of hydrogen-bond acceptors (Lipinski definition) is 6. The van der Waals surface area contributed by atoms with Crippen LogP contribution in [0, 0.1) is 17.0 Å². The summed E-state index contributed by atoms with van der Waals surface area (Å²) in [5.41, 5.74) is 1.13. The molecule has 0 saturated heterocycles. The Bertz CT molecular complexity index is 1140. The second-order valence-corrected chi connectivity index (χ2v) is 7.21. The quantitative estimate of drug-likeness (QED) is 0.353. The number of rotatable bonds is 3. The second-order valence-electron chi connectivity index (χ2n) is 5.74. The highest BCUT2D eigenvalue weighted by molar-refractivity contribution is 7.92. The van der Waals surface area contributed by atoms with Gasteiger partial charge in [0.2, 0.25) is 15.9 Å². The minimum Gasteiger partial charge on any atom is -0.293 e. The molecule has 0 aliphatic heterocycles. The molecule has 27 heavy (non-hydrogen) atoms. The minimum atomic E-state index is -4.15. The number of nitrogens with zero attached hydrogens (tertiary/aromatic N) is 3. The van der Waals surface area contributed by atoms with Gasteiger partial charge in [0.1, 0.15) is 5.70 Å². The molecular formula is C17H13N3O6S. The first-order valence-electron chi connectivity index (χ1n) is 7.56. The first-order valence-corrected chi connectivity index (χ1v) is 9.03. The van der Waals surface area contributed by atoms with Gasteiger partial charge < -0.3 is 0 Å². The molecule has 0 heterocycles. The van der Waals surface area contributed by atoms with E-state index in [0.717, 1.165) is 5.56 Å². The maximum Gasteiger partial charge on any atom is 0.296 e. The Morgan fingerprint density at radius 3 is 2.52 bits per heavy atom. The number of nitro groups is 1. The van der Waals surface area contributed by atoms with Crippen molar-refractivity contribution in [1.29, 1.82) is 0 Å². The molecule has 2 N–H and O–H groups in total. The summed E-state index contributed by atoms with van der Waals surface area (Å²) >= 11 is 0. The molecule has 0 atom stereocenters. The van der Waals surface area contributed by atoms with Crippen molar-refractivity contribution in [3.05, 3.63) is 81.1 Å². The molecule has 1 aromatic carbocycles. The van der Waals surface area contributed by atoms with E-state index >= 15 is 0 Å². The number of azo groups is 1. The standard InChI is InChI=1S/C17H13N3O6S/c1-10-2-6-15(20(22)23)14(8-10)18-19-17-13-5-4-12(27(24,25)26)9-11(13)3-7-16(17)21/h2-9H,1H3,(H2,24,25,26). The van der Waals surface area contributed by atoms with Crippen molar-refractivity contribution in [2.24, 2.45) is 10.2 Å². The third-order valence-corrected chi connectivity index (χ3v) is 4.69. The number of fused-ring (bicyclic) bond motifs is 1. The number of benzene rings is 1. The summed E-state index contributed by atoms with van der Waals surface area (Å²) in [7, 11) is -4.15. The highest BCUT2D eigenvalue weighted by atomic mass is 32.2. The molecule has 9 nitrogen and oxygen atoms in total. The zero-order chi connectivity index (χ0) is 19.8. The van der Waals surface area contributed by atoms with E-state index in [1.54, 1.807) is 13.0 Å². The van der Waals surface area contributed by atoms with Crippen LogP contribution in [0.5, 0.6) is 0 Å². The van der Waals surface area contributed by atoms with Crippen LogP contribution in [-0.4, -0.2) is 28.9 Å². The Labute approximate surface area is 153 Å². The smallest absolute Gasteiger partial charge is 0.293 e. The Morgan fingerprint density at radius 1 is 1.11 bits per heavy atom. The molecule has 0 aromatic heterocycles. The number of nitro benzene ring substituents is 1. The summed E-state index contributed by atoms with van der Waals surface area (Å²) in [6, 6.07) is 4.34. The van der Waals surface area contributed by atoms with Gasteiger partial charge in [0.25, 0.3) is 5.69 Å². The van der Waals surface area contributed by atoms with Gasteiger partial charge in [0.05, 0.1) is 9.79 Å². The van der Waals surface area contributed by atoms with Crippen LogP contribution in [0.15, 0.2) is 75.7 Å². The number of ketones is 1. The largest absolute Gasteiger partial charge is 0.296 e. The van der Waals surface area contributed by atoms with E-state index < -0.39 is 20.8 Å². The van der Waals surface area contributed by atoms with Gasteiger partial charge in [-0.2, -0.15) is 0 Å². The van der Waals surface area contributed by atoms with Crippen molar-refractivity contribution in [3.8, 4) is 0 Å². The molecular weight excluding hydrogens is 374 g/mol. The molecule has 2 aliphatic rings. The molecule has 3 rings (SSSR count). The van der Waals surface area contributed by atoms with Gasteiger partial charge in [0.15, 0.2) is 5.69 Å². The first-order chi connectivity index (χ1) is 12.7. The summed E-state index contributed by atoms with van der Waals surface area (Å²) in [5, 5.41) is 18.9. The third-order valence-electron chi connectivity index (χ3n) is 3.82. The normalized spacial score (nSPS) is 16.8. The third kappa shape index (κ3) is 3.82. The van der Waals surface area contributed by atoms with Crippen LogP contribution >= 0.6 is 0 Å². The van der Waals surface area contributed by atoms with Crippen molar-refractivity contribution >= 4 is 32.1 Å².